The maximum absolute atomic E-state index is 14.5. The molecule has 342 valence electrons. The number of carbonyl (C=O) groups excluding carboxylic acids is 5. The van der Waals surface area contributed by atoms with Gasteiger partial charge >= 0.3 is 18.0 Å². The Morgan fingerprint density at radius 1 is 0.859 bits per heavy atom. The second-order valence-electron chi connectivity index (χ2n) is 17.0. The molecule has 2 N–H and O–H groups in total. The molecule has 0 aliphatic heterocycles. The highest BCUT2D eigenvalue weighted by Crippen LogP contribution is 2.44. The molecule has 12 nitrogen and oxygen atoms in total. The van der Waals surface area contributed by atoms with Gasteiger partial charge in [0, 0.05) is 43.3 Å². The van der Waals surface area contributed by atoms with E-state index in [1.165, 1.54) is 17.4 Å². The smallest absolute Gasteiger partial charge is 0.407 e. The third kappa shape index (κ3) is 12.9. The summed E-state index contributed by atoms with van der Waals surface area (Å²) in [6, 6.07) is 24.1. The average Bonchev–Trinajstić information content (AvgIpc) is 3.91. The number of hydrogen-bond donors (Lipinski definition) is 2. The summed E-state index contributed by atoms with van der Waals surface area (Å²) in [6.07, 6.45) is 2.34. The highest BCUT2D eigenvalue weighted by Gasteiger charge is 2.37. The lowest BCUT2D eigenvalue weighted by atomic mass is 9.93. The third-order valence-corrected chi connectivity index (χ3v) is 12.9. The standard InChI is InChI=1S/C51H64N4O8S/c1-9-19-45(56)63-44(48-53-42(31-64-48)47(57)52-36(28-35-20-13-12-14-21-35)27-34(7)50(59)61-26-10-2)29-43(32(4)5)55(8)49(58)46(33(6)11-3)54-51(60)62-30-41-39-24-17-15-22-37(39)38-23-16-18-25-40(38)41/h10,12-18,20-25,31-34,36,41,43-44,46H,2,9,11,19,26-30H2,1,3-8H3,(H,52,57)(H,54,60)/t33-,34-,36+,43+,44+,46-/m0/s1. The van der Waals surface area contributed by atoms with Crippen molar-refractivity contribution in [2.24, 2.45) is 17.8 Å². The SMILES string of the molecule is C=CCOC(=O)[C@@H](C)C[C@H](Cc1ccccc1)NC(=O)c1csc([C@@H](C[C@H](C(C)C)N(C)C(=O)[C@@H](NC(=O)OCC2c3ccccc3-c3ccccc32)[C@@H](C)CC)OC(=O)CCC)n1. The van der Waals surface area contributed by atoms with Crippen LogP contribution in [0.4, 0.5) is 4.79 Å². The van der Waals surface area contributed by atoms with Gasteiger partial charge in [0.1, 0.15) is 30.0 Å². The van der Waals surface area contributed by atoms with Crippen LogP contribution in [0, 0.1) is 17.8 Å². The number of likely N-dealkylation sites (N-methyl/N-ethyl adjacent to an activating group) is 1. The molecule has 0 fully saturated rings. The fourth-order valence-corrected chi connectivity index (χ4v) is 9.09. The molecule has 5 rings (SSSR count). The highest BCUT2D eigenvalue weighted by atomic mass is 32.1. The van der Waals surface area contributed by atoms with E-state index in [4.69, 9.17) is 19.2 Å². The Balaban J connectivity index is 1.31. The fraction of sp³-hybridized carbons (Fsp3) is 0.451. The molecule has 0 spiro atoms. The van der Waals surface area contributed by atoms with Crippen molar-refractivity contribution in [2.75, 3.05) is 20.3 Å². The predicted octanol–water partition coefficient (Wildman–Crippen LogP) is 9.45. The lowest BCUT2D eigenvalue weighted by Crippen LogP contribution is -2.54. The van der Waals surface area contributed by atoms with Crippen molar-refractivity contribution in [2.45, 2.75) is 110 Å². The van der Waals surface area contributed by atoms with Gasteiger partial charge < -0.3 is 29.7 Å². The van der Waals surface area contributed by atoms with Crippen LogP contribution >= 0.6 is 11.3 Å². The van der Waals surface area contributed by atoms with Crippen molar-refractivity contribution < 1.29 is 38.2 Å². The summed E-state index contributed by atoms with van der Waals surface area (Å²) in [4.78, 5) is 74.0. The van der Waals surface area contributed by atoms with Gasteiger partial charge in [0.05, 0.1) is 5.92 Å². The molecule has 1 aliphatic carbocycles. The number of fused-ring (bicyclic) bond motifs is 3. The summed E-state index contributed by atoms with van der Waals surface area (Å²) in [5.74, 6) is -2.49. The molecule has 0 bridgehead atoms. The number of nitrogens with zero attached hydrogens (tertiary/aromatic N) is 2. The summed E-state index contributed by atoms with van der Waals surface area (Å²) in [7, 11) is 1.70. The molecule has 64 heavy (non-hydrogen) atoms. The van der Waals surface area contributed by atoms with E-state index in [1.807, 2.05) is 89.2 Å². The molecule has 13 heteroatoms. The maximum Gasteiger partial charge on any atom is 0.407 e. The Hall–Kier alpha value is -5.82. The van der Waals surface area contributed by atoms with Crippen molar-refractivity contribution in [1.29, 1.82) is 0 Å². The number of nitrogens with one attached hydrogen (secondary N) is 2. The number of carbonyl (C=O) groups is 5. The zero-order valence-electron chi connectivity index (χ0n) is 38.2. The van der Waals surface area contributed by atoms with Crippen molar-refractivity contribution >= 4 is 41.2 Å². The number of benzene rings is 3. The summed E-state index contributed by atoms with van der Waals surface area (Å²) in [6.45, 7) is 15.3. The van der Waals surface area contributed by atoms with Gasteiger partial charge in [-0.25, -0.2) is 9.78 Å². The number of alkyl carbamates (subject to hydrolysis) is 1. The average molecular weight is 893 g/mol. The number of amides is 3. The molecule has 4 aromatic rings. The van der Waals surface area contributed by atoms with Crippen molar-refractivity contribution in [3.8, 4) is 11.1 Å². The first-order chi connectivity index (χ1) is 30.8. The first-order valence-electron chi connectivity index (χ1n) is 22.4. The topological polar surface area (TPSA) is 153 Å². The number of thiazole rings is 1. The zero-order valence-corrected chi connectivity index (χ0v) is 39.0. The Bertz CT molecular complexity index is 2160. The van der Waals surface area contributed by atoms with E-state index in [0.717, 1.165) is 27.8 Å². The predicted molar refractivity (Wildman–Crippen MR) is 250 cm³/mol. The second kappa shape index (κ2) is 23.7. The summed E-state index contributed by atoms with van der Waals surface area (Å²) in [5.41, 5.74) is 5.56. The molecule has 1 heterocycles. The summed E-state index contributed by atoms with van der Waals surface area (Å²) in [5, 5.41) is 8.02. The maximum atomic E-state index is 14.5. The summed E-state index contributed by atoms with van der Waals surface area (Å²) >= 11 is 1.20. The zero-order chi connectivity index (χ0) is 46.3. The van der Waals surface area contributed by atoms with E-state index in [1.54, 1.807) is 24.3 Å². The molecule has 0 unspecified atom stereocenters. The summed E-state index contributed by atoms with van der Waals surface area (Å²) < 4.78 is 17.2. The van der Waals surface area contributed by atoms with Crippen LogP contribution in [0.25, 0.3) is 11.1 Å². The molecule has 3 amide bonds. The van der Waals surface area contributed by atoms with Crippen LogP contribution in [0.1, 0.15) is 118 Å². The van der Waals surface area contributed by atoms with E-state index in [-0.39, 0.29) is 61.4 Å². The van der Waals surface area contributed by atoms with Crippen LogP contribution in [-0.2, 0) is 35.0 Å². The van der Waals surface area contributed by atoms with Crippen molar-refractivity contribution in [3.63, 3.8) is 0 Å². The van der Waals surface area contributed by atoms with Gasteiger partial charge in [-0.2, -0.15) is 0 Å². The molecular weight excluding hydrogens is 829 g/mol. The Morgan fingerprint density at radius 2 is 1.50 bits per heavy atom. The Morgan fingerprint density at radius 3 is 2.11 bits per heavy atom. The number of aromatic nitrogens is 1. The lowest BCUT2D eigenvalue weighted by molar-refractivity contribution is -0.151. The van der Waals surface area contributed by atoms with E-state index >= 15 is 0 Å². The van der Waals surface area contributed by atoms with E-state index in [9.17, 15) is 24.0 Å². The molecule has 0 saturated carbocycles. The largest absolute Gasteiger partial charge is 0.461 e. The first kappa shape index (κ1) is 49.2. The van der Waals surface area contributed by atoms with Crippen LogP contribution in [-0.4, -0.2) is 78.1 Å². The molecule has 0 radical (unpaired) electrons. The molecule has 3 aromatic carbocycles. The molecule has 0 saturated heterocycles. The number of esters is 2. The normalized spacial score (nSPS) is 14.8. The highest BCUT2D eigenvalue weighted by molar-refractivity contribution is 7.09. The monoisotopic (exact) mass is 892 g/mol. The molecular formula is C51H64N4O8S. The second-order valence-corrected chi connectivity index (χ2v) is 17.9. The number of hydrogen-bond acceptors (Lipinski definition) is 10. The Labute approximate surface area is 382 Å². The lowest BCUT2D eigenvalue weighted by Gasteiger charge is -2.36. The van der Waals surface area contributed by atoms with Crippen LogP contribution in [0.5, 0.6) is 0 Å². The van der Waals surface area contributed by atoms with E-state index < -0.39 is 48.1 Å². The minimum Gasteiger partial charge on any atom is -0.461 e. The van der Waals surface area contributed by atoms with Gasteiger partial charge in [-0.1, -0.05) is 139 Å². The van der Waals surface area contributed by atoms with Crippen LogP contribution in [0.3, 0.4) is 0 Å². The van der Waals surface area contributed by atoms with Gasteiger partial charge in [0.15, 0.2) is 6.10 Å². The minimum atomic E-state index is -0.890. The minimum absolute atomic E-state index is 0.0999. The van der Waals surface area contributed by atoms with Crippen LogP contribution in [0.15, 0.2) is 96.9 Å². The first-order valence-corrected chi connectivity index (χ1v) is 23.3. The van der Waals surface area contributed by atoms with Crippen molar-refractivity contribution in [3.05, 3.63) is 124 Å². The quantitative estimate of drug-likeness (QED) is 0.0421. The Kier molecular flexibility index (Phi) is 18.3. The van der Waals surface area contributed by atoms with Gasteiger partial charge in [-0.15, -0.1) is 11.3 Å². The van der Waals surface area contributed by atoms with E-state index in [0.29, 0.717) is 30.7 Å². The fourth-order valence-electron chi connectivity index (χ4n) is 8.25. The molecule has 6 atom stereocenters. The molecule has 1 aliphatic rings. The third-order valence-electron chi connectivity index (χ3n) is 12.0. The number of rotatable bonds is 23. The van der Waals surface area contributed by atoms with Gasteiger partial charge in [-0.05, 0) is 58.9 Å². The van der Waals surface area contributed by atoms with Gasteiger partial charge in [-0.3, -0.25) is 19.2 Å². The van der Waals surface area contributed by atoms with Gasteiger partial charge in [0.25, 0.3) is 5.91 Å². The molecule has 1 aromatic heterocycles. The van der Waals surface area contributed by atoms with Gasteiger partial charge in [0.2, 0.25) is 5.91 Å². The van der Waals surface area contributed by atoms with Crippen molar-refractivity contribution in [1.82, 2.24) is 20.5 Å². The van der Waals surface area contributed by atoms with Crippen LogP contribution in [0.2, 0.25) is 0 Å². The van der Waals surface area contributed by atoms with E-state index in [2.05, 4.69) is 41.5 Å². The van der Waals surface area contributed by atoms with Crippen LogP contribution < -0.4 is 10.6 Å². The number of ether oxygens (including phenoxy) is 3.